The zero-order chi connectivity index (χ0) is 19.0. The number of esters is 1. The predicted octanol–water partition coefficient (Wildman–Crippen LogP) is 2.20. The van der Waals surface area contributed by atoms with Gasteiger partial charge in [-0.2, -0.15) is 4.68 Å². The maximum Gasteiger partial charge on any atom is 0.355 e. The lowest BCUT2D eigenvalue weighted by Gasteiger charge is -2.27. The summed E-state index contributed by atoms with van der Waals surface area (Å²) in [5, 5.41) is 15.8. The van der Waals surface area contributed by atoms with Gasteiger partial charge in [-0.1, -0.05) is 23.3 Å². The molecule has 0 spiro atoms. The lowest BCUT2D eigenvalue weighted by atomic mass is 9.91. The van der Waals surface area contributed by atoms with E-state index in [-0.39, 0.29) is 17.2 Å². The number of anilines is 1. The Morgan fingerprint density at radius 1 is 1.30 bits per heavy atom. The summed E-state index contributed by atoms with van der Waals surface area (Å²) in [6.45, 7) is 0. The number of thiophene rings is 1. The van der Waals surface area contributed by atoms with Gasteiger partial charge in [-0.25, -0.2) is 9.18 Å². The first-order chi connectivity index (χ1) is 13.1. The number of methoxy groups -OCH3 is 1. The zero-order valence-corrected chi connectivity index (χ0v) is 14.7. The number of Topliss-reactive ketones (excluding diaryl/α,β-unsaturated/α-hetero) is 1. The van der Waals surface area contributed by atoms with E-state index in [0.29, 0.717) is 10.4 Å². The van der Waals surface area contributed by atoms with Crippen LogP contribution in [-0.2, 0) is 9.53 Å². The summed E-state index contributed by atoms with van der Waals surface area (Å²) in [5.41, 5.74) is 0.425. The number of fused-ring (bicyclic) bond motifs is 1. The third-order valence-electron chi connectivity index (χ3n) is 4.06. The second-order valence-corrected chi connectivity index (χ2v) is 6.56. The Labute approximate surface area is 156 Å². The van der Waals surface area contributed by atoms with Gasteiger partial charge in [-0.15, -0.1) is 11.3 Å². The van der Waals surface area contributed by atoms with Gasteiger partial charge >= 0.3 is 5.97 Å². The van der Waals surface area contributed by atoms with Crippen LogP contribution in [0.1, 0.15) is 21.3 Å². The van der Waals surface area contributed by atoms with Crippen LogP contribution >= 0.6 is 11.3 Å². The number of rotatable bonds is 4. The highest BCUT2D eigenvalue weighted by molar-refractivity contribution is 7.12. The number of hydrogen-bond donors (Lipinski definition) is 1. The predicted molar refractivity (Wildman–Crippen MR) is 93.7 cm³/mol. The first kappa shape index (κ1) is 17.0. The molecule has 8 nitrogen and oxygen atoms in total. The van der Waals surface area contributed by atoms with Gasteiger partial charge in [-0.05, 0) is 39.6 Å². The fourth-order valence-electron chi connectivity index (χ4n) is 2.91. The van der Waals surface area contributed by atoms with Crippen LogP contribution in [0.25, 0.3) is 0 Å². The molecule has 3 aromatic rings. The normalized spacial score (nSPS) is 15.9. The smallest absolute Gasteiger partial charge is 0.355 e. The topological polar surface area (TPSA) is 99.0 Å². The number of tetrazole rings is 1. The van der Waals surface area contributed by atoms with Crippen LogP contribution < -0.4 is 5.32 Å². The number of aromatic nitrogens is 4. The van der Waals surface area contributed by atoms with Crippen molar-refractivity contribution in [1.82, 2.24) is 20.2 Å². The minimum atomic E-state index is -0.893. The van der Waals surface area contributed by atoms with E-state index in [2.05, 4.69) is 20.8 Å². The molecule has 1 aliphatic rings. The van der Waals surface area contributed by atoms with Crippen molar-refractivity contribution in [2.24, 2.45) is 0 Å². The number of nitrogens with one attached hydrogen (secondary N) is 1. The number of nitrogens with zero attached hydrogens (tertiary/aromatic N) is 4. The standard InChI is InChI=1S/C17H12FN5O3S/c1-26-16(25)13-12(15(24)11-6-3-7-27-11)14(9-4-2-5-10(18)8-9)23-17(19-13)20-21-22-23/h2-8,14H,1H3,(H,19,20,22). The summed E-state index contributed by atoms with van der Waals surface area (Å²) < 4.78 is 20.0. The van der Waals surface area contributed by atoms with Crippen molar-refractivity contribution in [2.45, 2.75) is 6.04 Å². The molecule has 2 aromatic heterocycles. The number of allylic oxidation sites excluding steroid dienone is 1. The molecule has 0 fully saturated rings. The van der Waals surface area contributed by atoms with Crippen LogP contribution in [0.3, 0.4) is 0 Å². The first-order valence-corrected chi connectivity index (χ1v) is 8.69. The Balaban J connectivity index is 1.97. The zero-order valence-electron chi connectivity index (χ0n) is 13.9. The summed E-state index contributed by atoms with van der Waals surface area (Å²) in [6, 6.07) is 8.20. The summed E-state index contributed by atoms with van der Waals surface area (Å²) >= 11 is 1.23. The average molecular weight is 385 g/mol. The van der Waals surface area contributed by atoms with Gasteiger partial charge in [-0.3, -0.25) is 4.79 Å². The van der Waals surface area contributed by atoms with Gasteiger partial charge in [0.2, 0.25) is 11.7 Å². The van der Waals surface area contributed by atoms with Crippen molar-refractivity contribution in [3.63, 3.8) is 0 Å². The Bertz CT molecular complexity index is 1060. The Kier molecular flexibility index (Phi) is 4.24. The Morgan fingerprint density at radius 2 is 2.15 bits per heavy atom. The van der Waals surface area contributed by atoms with Crippen LogP contribution in [-0.4, -0.2) is 39.1 Å². The summed E-state index contributed by atoms with van der Waals surface area (Å²) in [6.07, 6.45) is 0. The van der Waals surface area contributed by atoms with Gasteiger partial charge in [0.25, 0.3) is 0 Å². The minimum Gasteiger partial charge on any atom is -0.464 e. The molecule has 1 aliphatic heterocycles. The van der Waals surface area contributed by atoms with Crippen molar-refractivity contribution >= 4 is 29.0 Å². The summed E-state index contributed by atoms with van der Waals surface area (Å²) in [7, 11) is 1.21. The average Bonchev–Trinajstić information content (AvgIpc) is 3.36. The third-order valence-corrected chi connectivity index (χ3v) is 4.93. The van der Waals surface area contributed by atoms with Crippen LogP contribution in [0.15, 0.2) is 53.0 Å². The number of carbonyl (C=O) groups excluding carboxylic acids is 2. The van der Waals surface area contributed by atoms with Crippen molar-refractivity contribution < 1.29 is 18.7 Å². The molecule has 1 atom stereocenters. The minimum absolute atomic E-state index is 0.0764. The lowest BCUT2D eigenvalue weighted by Crippen LogP contribution is -2.32. The summed E-state index contributed by atoms with van der Waals surface area (Å²) in [4.78, 5) is 26.0. The van der Waals surface area contributed by atoms with E-state index in [1.165, 1.54) is 41.3 Å². The molecule has 0 amide bonds. The molecule has 136 valence electrons. The van der Waals surface area contributed by atoms with E-state index < -0.39 is 23.6 Å². The maximum absolute atomic E-state index is 13.9. The molecule has 0 bridgehead atoms. The van der Waals surface area contributed by atoms with Crippen molar-refractivity contribution in [1.29, 1.82) is 0 Å². The van der Waals surface area contributed by atoms with E-state index in [9.17, 15) is 14.0 Å². The molecule has 0 saturated heterocycles. The van der Waals surface area contributed by atoms with Crippen LogP contribution in [0.4, 0.5) is 10.3 Å². The van der Waals surface area contributed by atoms with Gasteiger partial charge in [0.1, 0.15) is 17.6 Å². The molecular weight excluding hydrogens is 373 g/mol. The Morgan fingerprint density at radius 3 is 2.85 bits per heavy atom. The number of hydrogen-bond acceptors (Lipinski definition) is 8. The van der Waals surface area contributed by atoms with E-state index >= 15 is 0 Å². The van der Waals surface area contributed by atoms with E-state index in [0.717, 1.165) is 0 Å². The molecule has 10 heteroatoms. The molecule has 1 unspecified atom stereocenters. The van der Waals surface area contributed by atoms with Crippen LogP contribution in [0, 0.1) is 5.82 Å². The molecule has 4 rings (SSSR count). The van der Waals surface area contributed by atoms with Gasteiger partial charge < -0.3 is 10.1 Å². The largest absolute Gasteiger partial charge is 0.464 e. The molecule has 1 N–H and O–H groups in total. The van der Waals surface area contributed by atoms with E-state index in [1.807, 2.05) is 0 Å². The fourth-order valence-corrected chi connectivity index (χ4v) is 3.59. The molecule has 0 radical (unpaired) electrons. The van der Waals surface area contributed by atoms with Crippen LogP contribution in [0.5, 0.6) is 0 Å². The number of carbonyl (C=O) groups is 2. The Hall–Kier alpha value is -3.40. The number of ether oxygens (including phenoxy) is 1. The second-order valence-electron chi connectivity index (χ2n) is 5.62. The SMILES string of the molecule is COC(=O)C1=C(C(=O)c2cccs2)C(c2cccc(F)c2)n2nnnc2N1. The van der Waals surface area contributed by atoms with E-state index in [1.54, 1.807) is 23.6 Å². The molecular formula is C17H12FN5O3S. The lowest BCUT2D eigenvalue weighted by molar-refractivity contribution is -0.136. The van der Waals surface area contributed by atoms with Crippen molar-refractivity contribution in [3.05, 3.63) is 69.3 Å². The first-order valence-electron chi connectivity index (χ1n) is 7.81. The monoisotopic (exact) mass is 385 g/mol. The molecule has 0 aliphatic carbocycles. The fraction of sp³-hybridized carbons (Fsp3) is 0.118. The molecule has 27 heavy (non-hydrogen) atoms. The molecule has 3 heterocycles. The molecule has 1 aromatic carbocycles. The maximum atomic E-state index is 13.9. The second kappa shape index (κ2) is 6.72. The quantitative estimate of drug-likeness (QED) is 0.543. The number of benzene rings is 1. The third kappa shape index (κ3) is 2.89. The highest BCUT2D eigenvalue weighted by Crippen LogP contribution is 2.37. The number of halogens is 1. The molecule has 0 saturated carbocycles. The van der Waals surface area contributed by atoms with E-state index in [4.69, 9.17) is 4.74 Å². The van der Waals surface area contributed by atoms with Crippen molar-refractivity contribution in [3.8, 4) is 0 Å². The highest BCUT2D eigenvalue weighted by atomic mass is 32.1. The highest BCUT2D eigenvalue weighted by Gasteiger charge is 2.38. The van der Waals surface area contributed by atoms with Crippen LogP contribution in [0.2, 0.25) is 0 Å². The van der Waals surface area contributed by atoms with Gasteiger partial charge in [0, 0.05) is 0 Å². The van der Waals surface area contributed by atoms with Gasteiger partial charge in [0.15, 0.2) is 0 Å². The summed E-state index contributed by atoms with van der Waals surface area (Å²) in [5.74, 6) is -1.48. The van der Waals surface area contributed by atoms with Crippen molar-refractivity contribution in [2.75, 3.05) is 12.4 Å². The number of ketones is 1. The van der Waals surface area contributed by atoms with Gasteiger partial charge in [0.05, 0.1) is 17.6 Å².